The average molecular weight is 251 g/mol. The van der Waals surface area contributed by atoms with Gasteiger partial charge < -0.3 is 15.4 Å². The summed E-state index contributed by atoms with van der Waals surface area (Å²) in [6.45, 7) is 4.51. The van der Waals surface area contributed by atoms with Gasteiger partial charge in [-0.25, -0.2) is 0 Å². The van der Waals surface area contributed by atoms with Crippen molar-refractivity contribution < 1.29 is 9.53 Å². The smallest absolute Gasteiger partial charge is 0.242 e. The summed E-state index contributed by atoms with van der Waals surface area (Å²) in [6, 6.07) is 0.186. The first-order valence-corrected chi connectivity index (χ1v) is 5.68. The number of methoxy groups -OCH3 is 1. The number of hydrogen-bond donors (Lipinski definition) is 1. The lowest BCUT2D eigenvalue weighted by Gasteiger charge is -2.30. The van der Waals surface area contributed by atoms with E-state index in [-0.39, 0.29) is 18.3 Å². The lowest BCUT2D eigenvalue weighted by atomic mass is 10.1. The molecule has 0 radical (unpaired) electrons. The van der Waals surface area contributed by atoms with Crippen LogP contribution in [0.4, 0.5) is 0 Å². The first-order valence-electron chi connectivity index (χ1n) is 5.68. The largest absolute Gasteiger partial charge is 0.383 e. The molecule has 0 aliphatic carbocycles. The van der Waals surface area contributed by atoms with E-state index < -0.39 is 6.04 Å². The third-order valence-electron chi connectivity index (χ3n) is 3.18. The van der Waals surface area contributed by atoms with Gasteiger partial charge in [-0.2, -0.15) is 0 Å². The van der Waals surface area contributed by atoms with Crippen LogP contribution in [-0.2, 0) is 9.53 Å². The molecule has 0 aromatic heterocycles. The highest BCUT2D eigenvalue weighted by atomic mass is 35.5. The molecule has 0 saturated carbocycles. The second-order valence-electron chi connectivity index (χ2n) is 4.30. The van der Waals surface area contributed by atoms with Crippen LogP contribution < -0.4 is 5.73 Å². The van der Waals surface area contributed by atoms with Crippen LogP contribution in [0.3, 0.4) is 0 Å². The monoisotopic (exact) mass is 250 g/mol. The summed E-state index contributed by atoms with van der Waals surface area (Å²) in [5.41, 5.74) is 5.77. The fourth-order valence-corrected chi connectivity index (χ4v) is 2.31. The maximum absolute atomic E-state index is 12.0. The number of halogens is 1. The predicted molar refractivity (Wildman–Crippen MR) is 66.7 cm³/mol. The van der Waals surface area contributed by atoms with Gasteiger partial charge in [0.1, 0.15) is 6.04 Å². The summed E-state index contributed by atoms with van der Waals surface area (Å²) < 4.78 is 4.92. The molecule has 1 heterocycles. The maximum Gasteiger partial charge on any atom is 0.242 e. The minimum Gasteiger partial charge on any atom is -0.383 e. The number of amides is 1. The second-order valence-corrected chi connectivity index (χ2v) is 4.30. The predicted octanol–water partition coefficient (Wildman–Crippen LogP) is 1.17. The van der Waals surface area contributed by atoms with Gasteiger partial charge in [-0.15, -0.1) is 12.4 Å². The van der Waals surface area contributed by atoms with Gasteiger partial charge >= 0.3 is 0 Å². The number of nitrogens with zero attached hydrogens (tertiary/aromatic N) is 1. The van der Waals surface area contributed by atoms with Gasteiger partial charge in [0.2, 0.25) is 5.91 Å². The summed E-state index contributed by atoms with van der Waals surface area (Å²) in [7, 11) is 1.57. The molecule has 1 rings (SSSR count). The minimum absolute atomic E-state index is 0. The van der Waals surface area contributed by atoms with Crippen molar-refractivity contribution in [3.8, 4) is 0 Å². The fourth-order valence-electron chi connectivity index (χ4n) is 2.31. The summed E-state index contributed by atoms with van der Waals surface area (Å²) in [5.74, 6) is 0.0358. The zero-order chi connectivity index (χ0) is 11.4. The molecule has 0 spiro atoms. The topological polar surface area (TPSA) is 55.6 Å². The quantitative estimate of drug-likeness (QED) is 0.815. The van der Waals surface area contributed by atoms with Crippen LogP contribution in [-0.4, -0.2) is 42.6 Å². The van der Waals surface area contributed by atoms with E-state index in [1.807, 2.05) is 4.90 Å². The summed E-state index contributed by atoms with van der Waals surface area (Å²) in [6.07, 6.45) is 3.20. The summed E-state index contributed by atoms with van der Waals surface area (Å²) in [5, 5.41) is 0. The molecule has 96 valence electrons. The zero-order valence-electron chi connectivity index (χ0n) is 10.3. The van der Waals surface area contributed by atoms with Gasteiger partial charge in [0.05, 0.1) is 6.61 Å². The van der Waals surface area contributed by atoms with Gasteiger partial charge in [0.25, 0.3) is 0 Å². The molecule has 1 fully saturated rings. The second kappa shape index (κ2) is 7.09. The highest BCUT2D eigenvalue weighted by Crippen LogP contribution is 2.26. The van der Waals surface area contributed by atoms with E-state index in [9.17, 15) is 4.79 Å². The van der Waals surface area contributed by atoms with E-state index in [4.69, 9.17) is 10.5 Å². The Kier molecular flexibility index (Phi) is 6.95. The van der Waals surface area contributed by atoms with Crippen LogP contribution in [0.5, 0.6) is 0 Å². The van der Waals surface area contributed by atoms with Crippen molar-refractivity contribution in [1.29, 1.82) is 0 Å². The number of nitrogens with two attached hydrogens (primary N) is 1. The third kappa shape index (κ3) is 3.34. The number of likely N-dealkylation sites (tertiary alicyclic amines) is 1. The number of rotatable bonds is 4. The third-order valence-corrected chi connectivity index (χ3v) is 3.18. The van der Waals surface area contributed by atoms with Crippen molar-refractivity contribution in [3.63, 3.8) is 0 Å². The SMILES string of the molecule is CCC1CCC(C)N1C(=O)C(N)COC.Cl. The molecule has 1 saturated heterocycles. The number of ether oxygens (including phenoxy) is 1. The van der Waals surface area contributed by atoms with Crippen molar-refractivity contribution in [1.82, 2.24) is 4.90 Å². The molecule has 1 aliphatic rings. The molecule has 2 N–H and O–H groups in total. The molecule has 0 bridgehead atoms. The Balaban J connectivity index is 0.00000225. The average Bonchev–Trinajstić information content (AvgIpc) is 2.58. The van der Waals surface area contributed by atoms with Gasteiger partial charge in [0, 0.05) is 19.2 Å². The van der Waals surface area contributed by atoms with E-state index in [1.165, 1.54) is 0 Å². The molecule has 3 atom stereocenters. The Hall–Kier alpha value is -0.320. The van der Waals surface area contributed by atoms with Crippen LogP contribution in [0.15, 0.2) is 0 Å². The number of carbonyl (C=O) groups is 1. The van der Waals surface area contributed by atoms with Crippen molar-refractivity contribution >= 4 is 18.3 Å². The molecule has 0 aromatic carbocycles. The van der Waals surface area contributed by atoms with Crippen molar-refractivity contribution in [2.45, 2.75) is 51.2 Å². The standard InChI is InChI=1S/C11H22N2O2.ClH/c1-4-9-6-5-8(2)13(9)11(14)10(12)7-15-3;/h8-10H,4-7,12H2,1-3H3;1H. The van der Waals surface area contributed by atoms with Crippen LogP contribution in [0.25, 0.3) is 0 Å². The van der Waals surface area contributed by atoms with Crippen LogP contribution in [0.1, 0.15) is 33.1 Å². The highest BCUT2D eigenvalue weighted by molar-refractivity contribution is 5.85. The van der Waals surface area contributed by atoms with Crippen molar-refractivity contribution in [2.24, 2.45) is 5.73 Å². The minimum atomic E-state index is -0.510. The van der Waals surface area contributed by atoms with E-state index in [2.05, 4.69) is 13.8 Å². The first-order chi connectivity index (χ1) is 7.11. The van der Waals surface area contributed by atoms with Crippen molar-refractivity contribution in [3.05, 3.63) is 0 Å². The van der Waals surface area contributed by atoms with Gasteiger partial charge in [0.15, 0.2) is 0 Å². The van der Waals surface area contributed by atoms with E-state index >= 15 is 0 Å². The molecule has 1 aliphatic heterocycles. The Labute approximate surface area is 104 Å². The number of hydrogen-bond acceptors (Lipinski definition) is 3. The summed E-state index contributed by atoms with van der Waals surface area (Å²) >= 11 is 0. The van der Waals surface area contributed by atoms with Gasteiger partial charge in [-0.1, -0.05) is 6.92 Å². The van der Waals surface area contributed by atoms with Crippen LogP contribution in [0.2, 0.25) is 0 Å². The Morgan fingerprint density at radius 2 is 2.19 bits per heavy atom. The Morgan fingerprint density at radius 1 is 1.56 bits per heavy atom. The maximum atomic E-state index is 12.0. The molecule has 16 heavy (non-hydrogen) atoms. The number of carbonyl (C=O) groups excluding carboxylic acids is 1. The van der Waals surface area contributed by atoms with Crippen LogP contribution in [0, 0.1) is 0 Å². The molecule has 4 nitrogen and oxygen atoms in total. The van der Waals surface area contributed by atoms with Gasteiger partial charge in [-0.3, -0.25) is 4.79 Å². The highest BCUT2D eigenvalue weighted by Gasteiger charge is 2.35. The molecular formula is C11H23ClN2O2. The zero-order valence-corrected chi connectivity index (χ0v) is 11.1. The van der Waals surface area contributed by atoms with E-state index in [0.717, 1.165) is 19.3 Å². The van der Waals surface area contributed by atoms with Crippen LogP contribution >= 0.6 is 12.4 Å². The lowest BCUT2D eigenvalue weighted by molar-refractivity contribution is -0.136. The lowest BCUT2D eigenvalue weighted by Crippen LogP contribution is -2.50. The van der Waals surface area contributed by atoms with E-state index in [1.54, 1.807) is 7.11 Å². The summed E-state index contributed by atoms with van der Waals surface area (Å²) in [4.78, 5) is 14.0. The van der Waals surface area contributed by atoms with E-state index in [0.29, 0.717) is 18.7 Å². The molecular weight excluding hydrogens is 228 g/mol. The Bertz CT molecular complexity index is 226. The Morgan fingerprint density at radius 3 is 2.69 bits per heavy atom. The normalized spacial score (nSPS) is 26.4. The van der Waals surface area contributed by atoms with Gasteiger partial charge in [-0.05, 0) is 26.2 Å². The molecule has 5 heteroatoms. The van der Waals surface area contributed by atoms with Crippen molar-refractivity contribution in [2.75, 3.05) is 13.7 Å². The first kappa shape index (κ1) is 15.7. The molecule has 1 amide bonds. The molecule has 0 aromatic rings. The fraction of sp³-hybridized carbons (Fsp3) is 0.909. The molecule has 3 unspecified atom stereocenters.